The van der Waals surface area contributed by atoms with Crippen LogP contribution in [0.3, 0.4) is 0 Å². The lowest BCUT2D eigenvalue weighted by Crippen LogP contribution is -2.25. The molecule has 0 radical (unpaired) electrons. The molecule has 1 atom stereocenters. The smallest absolute Gasteiger partial charge is 0.125 e. The number of ether oxygens (including phenoxy) is 1. The molecule has 1 aliphatic carbocycles. The first-order valence-electron chi connectivity index (χ1n) is 7.63. The number of rotatable bonds is 6. The van der Waals surface area contributed by atoms with Gasteiger partial charge in [-0.25, -0.2) is 0 Å². The van der Waals surface area contributed by atoms with Gasteiger partial charge in [0.05, 0.1) is 12.7 Å². The summed E-state index contributed by atoms with van der Waals surface area (Å²) in [7, 11) is 0. The second kappa shape index (κ2) is 6.42. The van der Waals surface area contributed by atoms with Gasteiger partial charge in [-0.3, -0.25) is 0 Å². The molecule has 1 N–H and O–H groups in total. The molecule has 0 aliphatic heterocycles. The first-order valence-corrected chi connectivity index (χ1v) is 7.63. The molecule has 0 aromatic heterocycles. The van der Waals surface area contributed by atoms with Gasteiger partial charge in [-0.05, 0) is 31.7 Å². The van der Waals surface area contributed by atoms with Gasteiger partial charge >= 0.3 is 0 Å². The molecule has 0 heterocycles. The van der Waals surface area contributed by atoms with Crippen LogP contribution in [-0.4, -0.2) is 11.7 Å². The van der Waals surface area contributed by atoms with Crippen LogP contribution in [0.15, 0.2) is 24.3 Å². The minimum Gasteiger partial charge on any atom is -0.493 e. The normalized spacial score (nSPS) is 19.3. The number of aliphatic hydroxyl groups is 1. The van der Waals surface area contributed by atoms with E-state index in [-0.39, 0.29) is 5.41 Å². The van der Waals surface area contributed by atoms with Gasteiger partial charge in [-0.1, -0.05) is 44.9 Å². The van der Waals surface area contributed by atoms with Gasteiger partial charge < -0.3 is 9.84 Å². The second-order valence-electron chi connectivity index (χ2n) is 5.71. The van der Waals surface area contributed by atoms with Gasteiger partial charge in [0.2, 0.25) is 0 Å². The number of hydrogen-bond acceptors (Lipinski definition) is 2. The third-order valence-electron chi connectivity index (χ3n) is 4.56. The highest BCUT2D eigenvalue weighted by Gasteiger charge is 2.40. The fourth-order valence-corrected chi connectivity index (χ4v) is 3.28. The Labute approximate surface area is 116 Å². The van der Waals surface area contributed by atoms with Gasteiger partial charge in [-0.2, -0.15) is 0 Å². The van der Waals surface area contributed by atoms with Gasteiger partial charge in [0.1, 0.15) is 5.75 Å². The number of hydrogen-bond donors (Lipinski definition) is 1. The van der Waals surface area contributed by atoms with Crippen LogP contribution in [0.4, 0.5) is 0 Å². The van der Waals surface area contributed by atoms with Crippen molar-refractivity contribution < 1.29 is 9.84 Å². The van der Waals surface area contributed by atoms with Gasteiger partial charge in [0, 0.05) is 11.0 Å². The molecule has 1 saturated carbocycles. The Hall–Kier alpha value is -1.02. The molecule has 2 nitrogen and oxygen atoms in total. The minimum atomic E-state index is -0.395. The van der Waals surface area contributed by atoms with E-state index in [1.165, 1.54) is 12.8 Å². The van der Waals surface area contributed by atoms with E-state index in [1.807, 2.05) is 24.3 Å². The summed E-state index contributed by atoms with van der Waals surface area (Å²) in [5.41, 5.74) is 1.03. The fraction of sp³-hybridized carbons (Fsp3) is 0.647. The predicted molar refractivity (Wildman–Crippen MR) is 78.4 cm³/mol. The summed E-state index contributed by atoms with van der Waals surface area (Å²) in [5, 5.41) is 10.9. The van der Waals surface area contributed by atoms with Gasteiger partial charge in [0.15, 0.2) is 0 Å². The highest BCUT2D eigenvalue weighted by atomic mass is 16.5. The third kappa shape index (κ3) is 2.94. The molecule has 0 saturated heterocycles. The summed E-state index contributed by atoms with van der Waals surface area (Å²) in [4.78, 5) is 0. The molecule has 2 heteroatoms. The average molecular weight is 262 g/mol. The first-order chi connectivity index (χ1) is 9.23. The summed E-state index contributed by atoms with van der Waals surface area (Å²) < 4.78 is 5.80. The fourth-order valence-electron chi connectivity index (χ4n) is 3.28. The van der Waals surface area contributed by atoms with Crippen LogP contribution < -0.4 is 4.74 Å². The lowest BCUT2D eigenvalue weighted by atomic mass is 9.75. The van der Waals surface area contributed by atoms with Crippen molar-refractivity contribution in [3.63, 3.8) is 0 Å². The first kappa shape index (κ1) is 14.4. The minimum absolute atomic E-state index is 0.0612. The molecule has 0 bridgehead atoms. The molecule has 2 rings (SSSR count). The third-order valence-corrected chi connectivity index (χ3v) is 4.56. The number of aliphatic hydroxyl groups excluding tert-OH is 1. The van der Waals surface area contributed by atoms with Crippen LogP contribution in [0.25, 0.3) is 0 Å². The molecule has 1 fully saturated rings. The Kier molecular flexibility index (Phi) is 4.87. The largest absolute Gasteiger partial charge is 0.493 e. The number of para-hydroxylation sites is 1. The van der Waals surface area contributed by atoms with E-state index in [0.717, 1.165) is 37.0 Å². The molecule has 106 valence electrons. The second-order valence-corrected chi connectivity index (χ2v) is 5.71. The maximum atomic E-state index is 10.9. The molecule has 1 unspecified atom stereocenters. The maximum absolute atomic E-state index is 10.9. The van der Waals surface area contributed by atoms with E-state index in [9.17, 15) is 5.11 Å². The van der Waals surface area contributed by atoms with Crippen molar-refractivity contribution in [3.8, 4) is 5.75 Å². The zero-order valence-corrected chi connectivity index (χ0v) is 12.2. The van der Waals surface area contributed by atoms with E-state index in [0.29, 0.717) is 6.61 Å². The Balaban J connectivity index is 2.24. The van der Waals surface area contributed by atoms with Crippen molar-refractivity contribution in [2.45, 2.75) is 58.5 Å². The quantitative estimate of drug-likeness (QED) is 0.819. The van der Waals surface area contributed by atoms with Gasteiger partial charge in [-0.15, -0.1) is 0 Å². The average Bonchev–Trinajstić information content (AvgIpc) is 2.95. The summed E-state index contributed by atoms with van der Waals surface area (Å²) in [5.74, 6) is 0.858. The zero-order chi connectivity index (χ0) is 13.7. The monoisotopic (exact) mass is 262 g/mol. The van der Waals surface area contributed by atoms with Crippen molar-refractivity contribution in [3.05, 3.63) is 29.8 Å². The van der Waals surface area contributed by atoms with Crippen molar-refractivity contribution in [2.24, 2.45) is 5.41 Å². The molecule has 19 heavy (non-hydrogen) atoms. The topological polar surface area (TPSA) is 29.5 Å². The summed E-state index contributed by atoms with van der Waals surface area (Å²) in [6.45, 7) is 5.01. The maximum Gasteiger partial charge on any atom is 0.125 e. The lowest BCUT2D eigenvalue weighted by Gasteiger charge is -2.34. The summed E-state index contributed by atoms with van der Waals surface area (Å²) in [6.07, 6.45) is 6.37. The van der Waals surface area contributed by atoms with Crippen LogP contribution >= 0.6 is 0 Å². The highest BCUT2D eigenvalue weighted by molar-refractivity contribution is 5.36. The van der Waals surface area contributed by atoms with Crippen LogP contribution in [0.1, 0.15) is 64.0 Å². The van der Waals surface area contributed by atoms with E-state index in [1.54, 1.807) is 0 Å². The molecular formula is C17H26O2. The van der Waals surface area contributed by atoms with Crippen LogP contribution in [0.5, 0.6) is 5.75 Å². The Morgan fingerprint density at radius 3 is 2.53 bits per heavy atom. The Morgan fingerprint density at radius 2 is 1.89 bits per heavy atom. The summed E-state index contributed by atoms with van der Waals surface area (Å²) in [6, 6.07) is 7.97. The Morgan fingerprint density at radius 1 is 1.21 bits per heavy atom. The highest BCUT2D eigenvalue weighted by Crippen LogP contribution is 2.51. The number of benzene rings is 1. The van der Waals surface area contributed by atoms with E-state index in [4.69, 9.17) is 4.74 Å². The van der Waals surface area contributed by atoms with Crippen molar-refractivity contribution in [1.82, 2.24) is 0 Å². The van der Waals surface area contributed by atoms with E-state index < -0.39 is 6.10 Å². The zero-order valence-electron chi connectivity index (χ0n) is 12.2. The molecule has 1 aromatic rings. The molecule has 0 spiro atoms. The lowest BCUT2D eigenvalue weighted by molar-refractivity contribution is 0.0216. The standard InChI is InChI=1S/C17H26O2/c1-3-13-19-15-10-6-5-9-14(15)16(18)17(4-2)11-7-8-12-17/h5-6,9-10,16,18H,3-4,7-8,11-13H2,1-2H3. The molecule has 0 amide bonds. The van der Waals surface area contributed by atoms with Crippen LogP contribution in [-0.2, 0) is 0 Å². The van der Waals surface area contributed by atoms with E-state index in [2.05, 4.69) is 13.8 Å². The van der Waals surface area contributed by atoms with E-state index >= 15 is 0 Å². The Bertz CT molecular complexity index is 394. The summed E-state index contributed by atoms with van der Waals surface area (Å²) >= 11 is 0. The molecule has 1 aromatic carbocycles. The van der Waals surface area contributed by atoms with Crippen molar-refractivity contribution in [1.29, 1.82) is 0 Å². The van der Waals surface area contributed by atoms with Gasteiger partial charge in [0.25, 0.3) is 0 Å². The molecule has 1 aliphatic rings. The molecular weight excluding hydrogens is 236 g/mol. The predicted octanol–water partition coefficient (Wildman–Crippen LogP) is 4.48. The van der Waals surface area contributed by atoms with Crippen LogP contribution in [0.2, 0.25) is 0 Å². The van der Waals surface area contributed by atoms with Crippen LogP contribution in [0, 0.1) is 5.41 Å². The van der Waals surface area contributed by atoms with Crippen molar-refractivity contribution in [2.75, 3.05) is 6.61 Å². The van der Waals surface area contributed by atoms with Crippen molar-refractivity contribution >= 4 is 0 Å². The SMILES string of the molecule is CCCOc1ccccc1C(O)C1(CC)CCCC1.